The van der Waals surface area contributed by atoms with Crippen LogP contribution in [-0.2, 0) is 11.2 Å². The fraction of sp³-hybridized carbons (Fsp3) is 0.105. The molecule has 3 aliphatic carbocycles. The molecule has 0 heterocycles. The van der Waals surface area contributed by atoms with Gasteiger partial charge in [0.15, 0.2) is 11.6 Å². The first-order chi connectivity index (χ1) is 20.2. The summed E-state index contributed by atoms with van der Waals surface area (Å²) >= 11 is 1.82. The van der Waals surface area contributed by atoms with Gasteiger partial charge in [-0.3, -0.25) is 9.59 Å². The molecule has 0 amide bonds. The summed E-state index contributed by atoms with van der Waals surface area (Å²) in [7, 11) is 0. The van der Waals surface area contributed by atoms with E-state index in [0.717, 1.165) is 28.0 Å². The fourth-order valence-electron chi connectivity index (χ4n) is 6.71. The van der Waals surface area contributed by atoms with Gasteiger partial charge in [-0.1, -0.05) is 140 Å². The molecule has 198 valence electrons. The molecule has 0 saturated heterocycles. The van der Waals surface area contributed by atoms with Crippen molar-refractivity contribution >= 4 is 23.3 Å². The van der Waals surface area contributed by atoms with Crippen molar-refractivity contribution in [2.45, 2.75) is 17.1 Å². The number of benzene rings is 5. The molecule has 0 atom stereocenters. The average Bonchev–Trinajstić information content (AvgIpc) is 3.05. The van der Waals surface area contributed by atoms with Crippen LogP contribution >= 0.6 is 11.8 Å². The van der Waals surface area contributed by atoms with Crippen LogP contribution in [-0.4, -0.2) is 17.3 Å². The van der Waals surface area contributed by atoms with Gasteiger partial charge in [-0.15, -0.1) is 0 Å². The third kappa shape index (κ3) is 4.11. The Balaban J connectivity index is 1.51. The predicted octanol–water partition coefficient (Wildman–Crippen LogP) is 8.43. The van der Waals surface area contributed by atoms with Crippen LogP contribution in [0.1, 0.15) is 54.5 Å². The first-order valence-corrected chi connectivity index (χ1v) is 15.1. The Kier molecular flexibility index (Phi) is 6.53. The van der Waals surface area contributed by atoms with Gasteiger partial charge in [0.2, 0.25) is 0 Å². The van der Waals surface area contributed by atoms with E-state index in [1.165, 1.54) is 5.56 Å². The Morgan fingerprint density at radius 2 is 1.02 bits per heavy atom. The summed E-state index contributed by atoms with van der Waals surface area (Å²) in [6, 6.07) is 46.2. The molecule has 0 N–H and O–H groups in total. The van der Waals surface area contributed by atoms with Crippen LogP contribution in [0.25, 0.3) is 0 Å². The molecule has 3 heteroatoms. The Hall–Kier alpha value is -4.47. The molecule has 0 radical (unpaired) electrons. The lowest BCUT2D eigenvalue weighted by molar-refractivity contribution is 0.0981. The highest BCUT2D eigenvalue weighted by Crippen LogP contribution is 2.61. The SMILES string of the molecule is O=C(C1=C(C(=O)c2ccccc2)C2(CSCc3ccccc3)c3ccccc3C1c1ccccc12)c1ccccc1. The second-order valence-electron chi connectivity index (χ2n) is 10.7. The molecule has 2 bridgehead atoms. The van der Waals surface area contributed by atoms with Gasteiger partial charge in [0, 0.05) is 39.7 Å². The quantitative estimate of drug-likeness (QED) is 0.183. The van der Waals surface area contributed by atoms with Crippen LogP contribution in [0.15, 0.2) is 151 Å². The van der Waals surface area contributed by atoms with E-state index >= 15 is 0 Å². The van der Waals surface area contributed by atoms with Crippen LogP contribution in [0, 0.1) is 0 Å². The Bertz CT molecular complexity index is 1740. The Labute approximate surface area is 244 Å². The second-order valence-corrected chi connectivity index (χ2v) is 11.7. The van der Waals surface area contributed by atoms with Gasteiger partial charge in [0.05, 0.1) is 5.41 Å². The number of Topliss-reactive ketones (excluding diaryl/α,β-unsaturated/α-hetero) is 2. The van der Waals surface area contributed by atoms with Gasteiger partial charge in [0.1, 0.15) is 0 Å². The molecular formula is C38H28O2S. The molecule has 0 saturated carbocycles. The van der Waals surface area contributed by atoms with E-state index in [1.54, 1.807) is 0 Å². The number of hydrogen-bond donors (Lipinski definition) is 0. The molecule has 8 rings (SSSR count). The van der Waals surface area contributed by atoms with E-state index in [2.05, 4.69) is 72.8 Å². The first kappa shape index (κ1) is 25.5. The number of rotatable bonds is 8. The topological polar surface area (TPSA) is 34.1 Å². The Morgan fingerprint density at radius 1 is 0.561 bits per heavy atom. The predicted molar refractivity (Wildman–Crippen MR) is 167 cm³/mol. The van der Waals surface area contributed by atoms with Crippen LogP contribution in [0.2, 0.25) is 0 Å². The second kappa shape index (κ2) is 10.5. The molecule has 41 heavy (non-hydrogen) atoms. The maximum Gasteiger partial charge on any atom is 0.190 e. The van der Waals surface area contributed by atoms with E-state index in [-0.39, 0.29) is 17.5 Å². The molecule has 0 fully saturated rings. The van der Waals surface area contributed by atoms with E-state index in [4.69, 9.17) is 0 Å². The maximum absolute atomic E-state index is 14.8. The lowest BCUT2D eigenvalue weighted by Gasteiger charge is -2.51. The van der Waals surface area contributed by atoms with E-state index in [0.29, 0.717) is 28.0 Å². The van der Waals surface area contributed by atoms with Crippen molar-refractivity contribution in [3.05, 3.63) is 190 Å². The minimum Gasteiger partial charge on any atom is -0.289 e. The molecule has 0 spiro atoms. The molecule has 0 aromatic heterocycles. The van der Waals surface area contributed by atoms with Gasteiger partial charge in [-0.05, 0) is 27.8 Å². The first-order valence-electron chi connectivity index (χ1n) is 13.9. The summed E-state index contributed by atoms with van der Waals surface area (Å²) in [5.74, 6) is 1.00. The van der Waals surface area contributed by atoms with Crippen LogP contribution in [0.5, 0.6) is 0 Å². The van der Waals surface area contributed by atoms with Gasteiger partial charge in [-0.25, -0.2) is 0 Å². The highest BCUT2D eigenvalue weighted by Gasteiger charge is 2.56. The molecule has 5 aromatic rings. The number of ketones is 2. The summed E-state index contributed by atoms with van der Waals surface area (Å²) < 4.78 is 0. The van der Waals surface area contributed by atoms with Gasteiger partial charge in [0.25, 0.3) is 0 Å². The average molecular weight is 549 g/mol. The number of thioether (sulfide) groups is 1. The normalized spacial score (nSPS) is 18.5. The highest BCUT2D eigenvalue weighted by atomic mass is 32.2. The standard InChI is InChI=1S/C38H28O2S/c39-36(27-16-6-2-7-17-27)34-33-29-20-10-12-22-31(29)38(32-23-13-11-21-30(32)33,25-41-24-26-14-4-1-5-15-26)35(34)37(40)28-18-8-3-9-19-28/h1-23,33H,24-25H2. The van der Waals surface area contributed by atoms with E-state index in [9.17, 15) is 9.59 Å². The third-order valence-corrected chi connectivity index (χ3v) is 9.60. The maximum atomic E-state index is 14.8. The fourth-order valence-corrected chi connectivity index (χ4v) is 8.00. The van der Waals surface area contributed by atoms with Crippen molar-refractivity contribution in [2.24, 2.45) is 0 Å². The van der Waals surface area contributed by atoms with Crippen LogP contribution < -0.4 is 0 Å². The van der Waals surface area contributed by atoms with Crippen LogP contribution in [0.4, 0.5) is 0 Å². The summed E-state index contributed by atoms with van der Waals surface area (Å²) in [6.45, 7) is 0. The van der Waals surface area contributed by atoms with E-state index < -0.39 is 5.41 Å². The number of hydrogen-bond acceptors (Lipinski definition) is 3. The minimum absolute atomic E-state index is 0.0702. The third-order valence-electron chi connectivity index (χ3n) is 8.42. The van der Waals surface area contributed by atoms with E-state index in [1.807, 2.05) is 78.5 Å². The minimum atomic E-state index is -0.770. The summed E-state index contributed by atoms with van der Waals surface area (Å²) in [5, 5.41) is 0. The number of carbonyl (C=O) groups excluding carboxylic acids is 2. The molecular weight excluding hydrogens is 520 g/mol. The Morgan fingerprint density at radius 3 is 1.59 bits per heavy atom. The van der Waals surface area contributed by atoms with Gasteiger partial charge in [-0.2, -0.15) is 11.8 Å². The van der Waals surface area contributed by atoms with Crippen molar-refractivity contribution in [3.63, 3.8) is 0 Å². The zero-order valence-electron chi connectivity index (χ0n) is 22.5. The number of allylic oxidation sites excluding steroid dienone is 2. The zero-order chi connectivity index (χ0) is 27.8. The lowest BCUT2D eigenvalue weighted by atomic mass is 9.52. The molecule has 5 aromatic carbocycles. The summed E-state index contributed by atoms with van der Waals surface area (Å²) in [6.07, 6.45) is 0. The van der Waals surface area contributed by atoms with Crippen molar-refractivity contribution in [2.75, 3.05) is 5.75 Å². The van der Waals surface area contributed by atoms with Crippen molar-refractivity contribution in [3.8, 4) is 0 Å². The highest BCUT2D eigenvalue weighted by molar-refractivity contribution is 7.98. The smallest absolute Gasteiger partial charge is 0.190 e. The monoisotopic (exact) mass is 548 g/mol. The van der Waals surface area contributed by atoms with Crippen molar-refractivity contribution < 1.29 is 9.59 Å². The molecule has 3 aliphatic rings. The van der Waals surface area contributed by atoms with Gasteiger partial charge >= 0.3 is 0 Å². The molecule has 0 unspecified atom stereocenters. The van der Waals surface area contributed by atoms with Gasteiger partial charge < -0.3 is 0 Å². The molecule has 0 aliphatic heterocycles. The van der Waals surface area contributed by atoms with Crippen LogP contribution in [0.3, 0.4) is 0 Å². The zero-order valence-corrected chi connectivity index (χ0v) is 23.3. The summed E-state index contributed by atoms with van der Waals surface area (Å²) in [4.78, 5) is 29.4. The van der Waals surface area contributed by atoms with Crippen molar-refractivity contribution in [1.29, 1.82) is 0 Å². The van der Waals surface area contributed by atoms with Crippen molar-refractivity contribution in [1.82, 2.24) is 0 Å². The number of carbonyl (C=O) groups is 2. The molecule has 2 nitrogen and oxygen atoms in total. The summed E-state index contributed by atoms with van der Waals surface area (Å²) in [5.41, 5.74) is 7.43. The largest absolute Gasteiger partial charge is 0.289 e. The lowest BCUT2D eigenvalue weighted by Crippen LogP contribution is -2.48.